The Labute approximate surface area is 162 Å². The van der Waals surface area contributed by atoms with Gasteiger partial charge in [-0.2, -0.15) is 0 Å². The highest BCUT2D eigenvalue weighted by Crippen LogP contribution is 2.23. The second-order valence-corrected chi connectivity index (χ2v) is 7.79. The lowest BCUT2D eigenvalue weighted by Gasteiger charge is -2.05. The van der Waals surface area contributed by atoms with E-state index in [2.05, 4.69) is 41.5 Å². The molecule has 0 fully saturated rings. The van der Waals surface area contributed by atoms with E-state index in [1.54, 1.807) is 12.1 Å². The molecule has 3 aromatic rings. The standard InChI is InChI=1S/C20H21N3O3S/c1-14(2)27-17-10-8-15(9-11-17)12-19-22-23-20(26-19)21-18(24)13-25-16-6-4-3-5-7-16/h3-11,14H,12-13H2,1-2H3,(H,21,23,24). The number of hydrogen-bond donors (Lipinski definition) is 1. The van der Waals surface area contributed by atoms with Gasteiger partial charge in [0.15, 0.2) is 6.61 Å². The van der Waals surface area contributed by atoms with E-state index < -0.39 is 0 Å². The Balaban J connectivity index is 1.50. The van der Waals surface area contributed by atoms with Crippen LogP contribution in [-0.2, 0) is 11.2 Å². The monoisotopic (exact) mass is 383 g/mol. The molecule has 140 valence electrons. The average molecular weight is 383 g/mol. The van der Waals surface area contributed by atoms with Crippen molar-refractivity contribution in [3.05, 3.63) is 66.1 Å². The summed E-state index contributed by atoms with van der Waals surface area (Å²) >= 11 is 1.82. The molecule has 27 heavy (non-hydrogen) atoms. The molecule has 0 aliphatic carbocycles. The third-order valence-corrected chi connectivity index (χ3v) is 4.49. The number of carbonyl (C=O) groups excluding carboxylic acids is 1. The number of amides is 1. The van der Waals surface area contributed by atoms with Crippen LogP contribution in [-0.4, -0.2) is 28.0 Å². The first-order chi connectivity index (χ1) is 13.1. The first kappa shape index (κ1) is 19.0. The number of benzene rings is 2. The van der Waals surface area contributed by atoms with Crippen LogP contribution in [0, 0.1) is 0 Å². The number of ether oxygens (including phenoxy) is 1. The van der Waals surface area contributed by atoms with E-state index in [1.807, 2.05) is 42.1 Å². The van der Waals surface area contributed by atoms with Gasteiger partial charge in [0.25, 0.3) is 5.91 Å². The summed E-state index contributed by atoms with van der Waals surface area (Å²) in [7, 11) is 0. The van der Waals surface area contributed by atoms with Crippen LogP contribution in [0.4, 0.5) is 6.01 Å². The first-order valence-corrected chi connectivity index (χ1v) is 9.52. The van der Waals surface area contributed by atoms with Gasteiger partial charge in [-0.15, -0.1) is 16.9 Å². The quantitative estimate of drug-likeness (QED) is 0.588. The van der Waals surface area contributed by atoms with Crippen LogP contribution in [0.1, 0.15) is 25.3 Å². The Morgan fingerprint density at radius 1 is 1.11 bits per heavy atom. The van der Waals surface area contributed by atoms with Crippen molar-refractivity contribution in [2.24, 2.45) is 0 Å². The topological polar surface area (TPSA) is 77.2 Å². The molecule has 0 aliphatic heterocycles. The van der Waals surface area contributed by atoms with Crippen LogP contribution in [0.2, 0.25) is 0 Å². The molecule has 0 saturated carbocycles. The van der Waals surface area contributed by atoms with Crippen LogP contribution >= 0.6 is 11.8 Å². The molecule has 1 aromatic heterocycles. The van der Waals surface area contributed by atoms with E-state index in [4.69, 9.17) is 9.15 Å². The number of rotatable bonds is 8. The molecular formula is C20H21N3O3S. The Morgan fingerprint density at radius 3 is 2.56 bits per heavy atom. The molecule has 0 atom stereocenters. The fourth-order valence-corrected chi connectivity index (χ4v) is 3.17. The first-order valence-electron chi connectivity index (χ1n) is 8.64. The fraction of sp³-hybridized carbons (Fsp3) is 0.250. The lowest BCUT2D eigenvalue weighted by atomic mass is 10.1. The van der Waals surface area contributed by atoms with E-state index in [0.29, 0.717) is 23.3 Å². The van der Waals surface area contributed by atoms with Crippen LogP contribution in [0.3, 0.4) is 0 Å². The number of anilines is 1. The molecule has 0 radical (unpaired) electrons. The van der Waals surface area contributed by atoms with Gasteiger partial charge in [-0.3, -0.25) is 10.1 Å². The molecule has 6 nitrogen and oxygen atoms in total. The van der Waals surface area contributed by atoms with Gasteiger partial charge in [-0.1, -0.05) is 49.3 Å². The smallest absolute Gasteiger partial charge is 0.322 e. The highest BCUT2D eigenvalue weighted by molar-refractivity contribution is 7.99. The van der Waals surface area contributed by atoms with E-state index in [9.17, 15) is 4.79 Å². The van der Waals surface area contributed by atoms with Crippen LogP contribution in [0.5, 0.6) is 5.75 Å². The Hall–Kier alpha value is -2.80. The number of hydrogen-bond acceptors (Lipinski definition) is 6. The highest BCUT2D eigenvalue weighted by atomic mass is 32.2. The van der Waals surface area contributed by atoms with Crippen molar-refractivity contribution in [1.29, 1.82) is 0 Å². The highest BCUT2D eigenvalue weighted by Gasteiger charge is 2.11. The zero-order chi connectivity index (χ0) is 19.1. The summed E-state index contributed by atoms with van der Waals surface area (Å²) in [6.07, 6.45) is 0.510. The van der Waals surface area contributed by atoms with Gasteiger partial charge < -0.3 is 9.15 Å². The molecule has 7 heteroatoms. The number of nitrogens with zero attached hydrogens (tertiary/aromatic N) is 2. The molecule has 1 heterocycles. The van der Waals surface area contributed by atoms with Crippen LogP contribution in [0.25, 0.3) is 0 Å². The van der Waals surface area contributed by atoms with Crippen LogP contribution < -0.4 is 10.1 Å². The minimum atomic E-state index is -0.357. The summed E-state index contributed by atoms with van der Waals surface area (Å²) < 4.78 is 10.9. The van der Waals surface area contributed by atoms with Gasteiger partial charge in [0.1, 0.15) is 5.75 Å². The average Bonchev–Trinajstić information content (AvgIpc) is 3.09. The number of para-hydroxylation sites is 1. The Kier molecular flexibility index (Phi) is 6.49. The van der Waals surface area contributed by atoms with Gasteiger partial charge in [0.05, 0.1) is 6.42 Å². The van der Waals surface area contributed by atoms with Crippen molar-refractivity contribution in [1.82, 2.24) is 10.2 Å². The summed E-state index contributed by atoms with van der Waals surface area (Å²) in [5.41, 5.74) is 1.07. The summed E-state index contributed by atoms with van der Waals surface area (Å²) in [6.45, 7) is 4.20. The van der Waals surface area contributed by atoms with Gasteiger partial charge in [-0.05, 0) is 29.8 Å². The van der Waals surface area contributed by atoms with Crippen molar-refractivity contribution in [3.8, 4) is 5.75 Å². The predicted molar refractivity (Wildman–Crippen MR) is 105 cm³/mol. The van der Waals surface area contributed by atoms with Crippen molar-refractivity contribution in [2.45, 2.75) is 30.4 Å². The number of aromatic nitrogens is 2. The molecule has 3 rings (SSSR count). The second kappa shape index (κ2) is 9.23. The predicted octanol–water partition coefficient (Wildman–Crippen LogP) is 4.18. The fourth-order valence-electron chi connectivity index (χ4n) is 2.33. The molecule has 0 spiro atoms. The maximum Gasteiger partial charge on any atom is 0.322 e. The largest absolute Gasteiger partial charge is 0.484 e. The molecule has 1 amide bonds. The van der Waals surface area contributed by atoms with Gasteiger partial charge >= 0.3 is 6.01 Å². The minimum absolute atomic E-state index is 0.0682. The van der Waals surface area contributed by atoms with E-state index in [-0.39, 0.29) is 18.5 Å². The lowest BCUT2D eigenvalue weighted by Crippen LogP contribution is -2.20. The molecule has 1 N–H and O–H groups in total. The zero-order valence-electron chi connectivity index (χ0n) is 15.2. The Bertz CT molecular complexity index is 864. The van der Waals surface area contributed by atoms with Crippen LogP contribution in [0.15, 0.2) is 63.9 Å². The van der Waals surface area contributed by atoms with Gasteiger partial charge in [-0.25, -0.2) is 0 Å². The minimum Gasteiger partial charge on any atom is -0.484 e. The molecule has 0 saturated heterocycles. The third kappa shape index (κ3) is 6.14. The van der Waals surface area contributed by atoms with E-state index >= 15 is 0 Å². The maximum atomic E-state index is 11.9. The molecule has 0 aliphatic rings. The summed E-state index contributed by atoms with van der Waals surface area (Å²) in [5, 5.41) is 10.9. The molecule has 0 unspecified atom stereocenters. The third-order valence-electron chi connectivity index (χ3n) is 3.48. The van der Waals surface area contributed by atoms with E-state index in [1.165, 1.54) is 4.90 Å². The van der Waals surface area contributed by atoms with Gasteiger partial charge in [0, 0.05) is 10.1 Å². The zero-order valence-corrected chi connectivity index (χ0v) is 16.0. The summed E-state index contributed by atoms with van der Waals surface area (Å²) in [4.78, 5) is 13.1. The van der Waals surface area contributed by atoms with Crippen molar-refractivity contribution in [2.75, 3.05) is 11.9 Å². The Morgan fingerprint density at radius 2 is 1.85 bits per heavy atom. The summed E-state index contributed by atoms with van der Waals surface area (Å²) in [5.74, 6) is 0.709. The number of thioether (sulfide) groups is 1. The SMILES string of the molecule is CC(C)Sc1ccc(Cc2nnc(NC(=O)COc3ccccc3)o2)cc1. The number of carbonyl (C=O) groups is 1. The number of nitrogens with one attached hydrogen (secondary N) is 1. The van der Waals surface area contributed by atoms with Crippen molar-refractivity contribution < 1.29 is 13.9 Å². The lowest BCUT2D eigenvalue weighted by molar-refractivity contribution is -0.118. The molecular weight excluding hydrogens is 362 g/mol. The maximum absolute atomic E-state index is 11.9. The summed E-state index contributed by atoms with van der Waals surface area (Å²) in [6, 6.07) is 17.4. The van der Waals surface area contributed by atoms with Gasteiger partial charge in [0.2, 0.25) is 5.89 Å². The van der Waals surface area contributed by atoms with E-state index in [0.717, 1.165) is 5.56 Å². The normalized spacial score (nSPS) is 10.8. The van der Waals surface area contributed by atoms with Crippen molar-refractivity contribution in [3.63, 3.8) is 0 Å². The molecule has 2 aromatic carbocycles. The van der Waals surface area contributed by atoms with Crippen molar-refractivity contribution >= 4 is 23.7 Å². The second-order valence-electron chi connectivity index (χ2n) is 6.14. The molecule has 0 bridgehead atoms.